The largest absolute Gasteiger partial charge is 0.507 e. The van der Waals surface area contributed by atoms with E-state index >= 15 is 0 Å². The van der Waals surface area contributed by atoms with Crippen molar-refractivity contribution in [2.24, 2.45) is 0 Å². The molecule has 14 nitrogen and oxygen atoms in total. The molecule has 0 aliphatic carbocycles. The van der Waals surface area contributed by atoms with E-state index in [0.717, 1.165) is 5.69 Å². The Kier molecular flexibility index (Phi) is 12.4. The molecule has 0 radical (unpaired) electrons. The Morgan fingerprint density at radius 2 is 1.32 bits per heavy atom. The number of esters is 1. The van der Waals surface area contributed by atoms with Crippen molar-refractivity contribution in [3.05, 3.63) is 77.4 Å². The van der Waals surface area contributed by atoms with Gasteiger partial charge in [0.2, 0.25) is 0 Å². The van der Waals surface area contributed by atoms with Crippen LogP contribution in [-0.4, -0.2) is 100 Å². The van der Waals surface area contributed by atoms with E-state index in [-0.39, 0.29) is 62.9 Å². The van der Waals surface area contributed by atoms with Gasteiger partial charge in [-0.15, -0.1) is 0 Å². The molecule has 14 heteroatoms. The van der Waals surface area contributed by atoms with Gasteiger partial charge < -0.3 is 49.4 Å². The number of rotatable bonds is 18. The number of carbonyl (C=O) groups is 1. The highest BCUT2D eigenvalue weighted by atomic mass is 16.5. The average molecular weight is 697 g/mol. The number of aliphatic hydroxyl groups is 2. The number of aliphatic hydroxyl groups excluding tert-OH is 2. The lowest BCUT2D eigenvalue weighted by atomic mass is 10.1. The minimum absolute atomic E-state index is 0.000215. The van der Waals surface area contributed by atoms with Crippen molar-refractivity contribution in [3.8, 4) is 23.0 Å². The summed E-state index contributed by atoms with van der Waals surface area (Å²) < 4.78 is 27.4. The molecule has 2 heterocycles. The van der Waals surface area contributed by atoms with E-state index in [0.29, 0.717) is 28.2 Å². The number of phenolic OH excluding ortho intramolecular Hbond substituents is 2. The second kappa shape index (κ2) is 16.7. The summed E-state index contributed by atoms with van der Waals surface area (Å²) in [6.07, 6.45) is -3.05. The van der Waals surface area contributed by atoms with Gasteiger partial charge >= 0.3 is 5.97 Å². The van der Waals surface area contributed by atoms with Gasteiger partial charge in [0.05, 0.1) is 37.6 Å². The third-order valence-corrected chi connectivity index (χ3v) is 7.96. The van der Waals surface area contributed by atoms with Gasteiger partial charge in [-0.3, -0.25) is 5.32 Å². The van der Waals surface area contributed by atoms with Crippen molar-refractivity contribution in [2.45, 2.75) is 77.7 Å². The van der Waals surface area contributed by atoms with Crippen LogP contribution in [0.1, 0.15) is 68.4 Å². The zero-order valence-electron chi connectivity index (χ0n) is 29.0. The zero-order chi connectivity index (χ0) is 35.9. The van der Waals surface area contributed by atoms with Crippen LogP contribution in [0.3, 0.4) is 0 Å². The number of nitrogens with one attached hydrogen (secondary N) is 2. The number of phenols is 2. The van der Waals surface area contributed by atoms with E-state index in [1.165, 1.54) is 12.1 Å². The fourth-order valence-corrected chi connectivity index (χ4v) is 5.51. The van der Waals surface area contributed by atoms with Crippen molar-refractivity contribution in [1.82, 2.24) is 15.3 Å². The Balaban J connectivity index is 1.32. The summed E-state index contributed by atoms with van der Waals surface area (Å²) in [6, 6.07) is 16.9. The van der Waals surface area contributed by atoms with Gasteiger partial charge in [-0.1, -0.05) is 0 Å². The second-order valence-corrected chi connectivity index (χ2v) is 12.7. The number of ether oxygens (including phenoxy) is 5. The molecule has 0 saturated carbocycles. The Labute approximate surface area is 292 Å². The molecular weight excluding hydrogens is 648 g/mol. The van der Waals surface area contributed by atoms with E-state index in [4.69, 9.17) is 23.7 Å². The SMILES string of the molecule is CCOC(=O)c1ccc(NC2NC(c3ccc(OCC(O)COC(C)C)cc3O)N3C(c4ccc(OCC(O)COC(C)C)cc4O)N23)cc1. The second-order valence-electron chi connectivity index (χ2n) is 12.7. The number of aromatic hydroxyl groups is 2. The molecule has 6 N–H and O–H groups in total. The lowest BCUT2D eigenvalue weighted by molar-refractivity contribution is -0.0123. The highest BCUT2D eigenvalue weighted by Gasteiger charge is 2.61. The minimum atomic E-state index is -0.825. The van der Waals surface area contributed by atoms with Crippen molar-refractivity contribution < 1.29 is 48.9 Å². The molecule has 0 aromatic heterocycles. The molecule has 2 saturated heterocycles. The number of hydrazine groups is 1. The summed E-state index contributed by atoms with van der Waals surface area (Å²) in [6.45, 7) is 9.84. The van der Waals surface area contributed by atoms with Crippen molar-refractivity contribution in [3.63, 3.8) is 0 Å². The van der Waals surface area contributed by atoms with Crippen LogP contribution in [0.5, 0.6) is 23.0 Å². The van der Waals surface area contributed by atoms with E-state index in [1.54, 1.807) is 55.5 Å². The van der Waals surface area contributed by atoms with Crippen LogP contribution in [0.4, 0.5) is 5.69 Å². The van der Waals surface area contributed by atoms with Gasteiger partial charge in [0.15, 0.2) is 6.29 Å². The Morgan fingerprint density at radius 3 is 1.82 bits per heavy atom. The lowest BCUT2D eigenvalue weighted by Crippen LogP contribution is -2.40. The number of hydrogen-bond donors (Lipinski definition) is 6. The third kappa shape index (κ3) is 9.34. The minimum Gasteiger partial charge on any atom is -0.507 e. The summed E-state index contributed by atoms with van der Waals surface area (Å²) in [5.41, 5.74) is 2.32. The fourth-order valence-electron chi connectivity index (χ4n) is 5.51. The summed E-state index contributed by atoms with van der Waals surface area (Å²) >= 11 is 0. The van der Waals surface area contributed by atoms with Crippen LogP contribution in [-0.2, 0) is 14.2 Å². The van der Waals surface area contributed by atoms with Crippen LogP contribution in [0, 0.1) is 0 Å². The first kappa shape index (κ1) is 37.1. The molecule has 2 aliphatic heterocycles. The van der Waals surface area contributed by atoms with Crippen LogP contribution in [0.25, 0.3) is 0 Å². The molecule has 50 heavy (non-hydrogen) atoms. The molecule has 2 fully saturated rings. The summed E-state index contributed by atoms with van der Waals surface area (Å²) in [4.78, 5) is 12.2. The molecule has 272 valence electrons. The number of carbonyl (C=O) groups excluding carboxylic acids is 1. The maximum absolute atomic E-state index is 12.2. The molecule has 0 spiro atoms. The van der Waals surface area contributed by atoms with Crippen LogP contribution >= 0.6 is 0 Å². The van der Waals surface area contributed by atoms with Gasteiger partial charge in [0.1, 0.15) is 60.8 Å². The van der Waals surface area contributed by atoms with E-state index in [1.807, 2.05) is 37.7 Å². The van der Waals surface area contributed by atoms with E-state index < -0.39 is 30.6 Å². The Bertz CT molecular complexity index is 1570. The quantitative estimate of drug-likeness (QED) is 0.0837. The molecular formula is C36H48N4O10. The molecule has 3 aromatic rings. The van der Waals surface area contributed by atoms with Gasteiger partial charge in [0.25, 0.3) is 0 Å². The van der Waals surface area contributed by atoms with E-state index in [2.05, 4.69) is 10.6 Å². The smallest absolute Gasteiger partial charge is 0.338 e. The van der Waals surface area contributed by atoms with Gasteiger partial charge in [-0.25, -0.2) is 4.79 Å². The van der Waals surface area contributed by atoms with Crippen LogP contribution in [0.15, 0.2) is 60.7 Å². The maximum atomic E-state index is 12.2. The normalized spacial score (nSPS) is 22.2. The molecule has 0 amide bonds. The van der Waals surface area contributed by atoms with Gasteiger partial charge in [-0.05, 0) is 83.1 Å². The first-order chi connectivity index (χ1) is 23.9. The summed E-state index contributed by atoms with van der Waals surface area (Å²) in [5.74, 6) is 0.353. The number of anilines is 1. The summed E-state index contributed by atoms with van der Waals surface area (Å²) in [5, 5.41) is 53.5. The van der Waals surface area contributed by atoms with Crippen molar-refractivity contribution >= 4 is 11.7 Å². The monoisotopic (exact) mass is 696 g/mol. The lowest BCUT2D eigenvalue weighted by Gasteiger charge is -2.23. The number of nitrogens with zero attached hydrogens (tertiary/aromatic N) is 2. The predicted molar refractivity (Wildman–Crippen MR) is 183 cm³/mol. The predicted octanol–water partition coefficient (Wildman–Crippen LogP) is 3.83. The number of hydrogen-bond acceptors (Lipinski definition) is 14. The Hall–Kier alpha value is -4.15. The molecule has 2 aliphatic rings. The first-order valence-electron chi connectivity index (χ1n) is 16.8. The summed E-state index contributed by atoms with van der Waals surface area (Å²) in [7, 11) is 0. The molecule has 7 atom stereocenters. The highest BCUT2D eigenvalue weighted by Crippen LogP contribution is 2.55. The standard InChI is InChI=1S/C36H48N4O10/c1-6-46-35(45)23-7-9-24(10-8-23)37-36-38-33(29-13-11-27(15-31(29)43)49-19-25(41)17-47-21(2)3)39-34(40(36)39)30-14-12-28(16-32(30)44)50-20-26(42)18-48-22(4)5/h7-16,21-22,25-26,33-34,36-38,41-44H,6,17-20H2,1-5H3. The van der Waals surface area contributed by atoms with Crippen molar-refractivity contribution in [1.29, 1.82) is 0 Å². The molecule has 7 unspecified atom stereocenters. The van der Waals surface area contributed by atoms with Gasteiger partial charge in [-0.2, -0.15) is 10.0 Å². The highest BCUT2D eigenvalue weighted by molar-refractivity contribution is 5.89. The Morgan fingerprint density at radius 1 is 0.780 bits per heavy atom. The molecule has 0 bridgehead atoms. The number of benzene rings is 3. The molecule has 3 aromatic carbocycles. The first-order valence-corrected chi connectivity index (χ1v) is 16.8. The topological polar surface area (TPSA) is 174 Å². The maximum Gasteiger partial charge on any atom is 0.338 e. The van der Waals surface area contributed by atoms with Gasteiger partial charge in [0, 0.05) is 28.9 Å². The molecule has 5 rings (SSSR count). The average Bonchev–Trinajstić information content (AvgIpc) is 3.71. The zero-order valence-corrected chi connectivity index (χ0v) is 29.0. The van der Waals surface area contributed by atoms with Crippen LogP contribution < -0.4 is 20.1 Å². The fraction of sp³-hybridized carbons (Fsp3) is 0.472. The number of fused-ring (bicyclic) bond motifs is 1. The van der Waals surface area contributed by atoms with Crippen molar-refractivity contribution in [2.75, 3.05) is 38.4 Å². The van der Waals surface area contributed by atoms with E-state index in [9.17, 15) is 25.2 Å². The van der Waals surface area contributed by atoms with Crippen LogP contribution in [0.2, 0.25) is 0 Å². The third-order valence-electron chi connectivity index (χ3n) is 7.96.